The van der Waals surface area contributed by atoms with E-state index in [-0.39, 0.29) is 30.0 Å². The minimum atomic E-state index is -0.328. The highest BCUT2D eigenvalue weighted by Gasteiger charge is 2.35. The third-order valence-electron chi connectivity index (χ3n) is 4.69. The number of aliphatic imine (C=N–C) groups is 1. The molecule has 0 aromatic carbocycles. The van der Waals surface area contributed by atoms with Gasteiger partial charge in [-0.25, -0.2) is 4.79 Å². The van der Waals surface area contributed by atoms with Crippen LogP contribution < -0.4 is 16.0 Å². The lowest BCUT2D eigenvalue weighted by molar-refractivity contribution is -0.124. The maximum Gasteiger partial charge on any atom is 0.324 e. The van der Waals surface area contributed by atoms with E-state index in [2.05, 4.69) is 36.7 Å². The molecular formula is C18H33N5O3. The number of amides is 3. The number of hydrogen-bond donors (Lipinski definition) is 3. The number of nitrogens with one attached hydrogen (secondary N) is 3. The average Bonchev–Trinajstić information content (AvgIpc) is 2.91. The molecular weight excluding hydrogens is 334 g/mol. The molecule has 0 radical (unpaired) electrons. The van der Waals surface area contributed by atoms with Crippen molar-refractivity contribution in [3.05, 3.63) is 0 Å². The van der Waals surface area contributed by atoms with E-state index in [0.29, 0.717) is 31.5 Å². The third kappa shape index (κ3) is 5.59. The van der Waals surface area contributed by atoms with E-state index in [1.54, 1.807) is 0 Å². The molecule has 3 N–H and O–H groups in total. The summed E-state index contributed by atoms with van der Waals surface area (Å²) in [6.07, 6.45) is 2.39. The molecule has 2 aliphatic rings. The van der Waals surface area contributed by atoms with Crippen LogP contribution in [0.5, 0.6) is 0 Å². The zero-order valence-corrected chi connectivity index (χ0v) is 16.4. The van der Waals surface area contributed by atoms with E-state index >= 15 is 0 Å². The molecule has 148 valence electrons. The van der Waals surface area contributed by atoms with Gasteiger partial charge in [-0.15, -0.1) is 0 Å². The summed E-state index contributed by atoms with van der Waals surface area (Å²) in [7, 11) is 0. The summed E-state index contributed by atoms with van der Waals surface area (Å²) in [4.78, 5) is 29.1. The summed E-state index contributed by atoms with van der Waals surface area (Å²) >= 11 is 0. The fourth-order valence-corrected chi connectivity index (χ4v) is 3.51. The predicted molar refractivity (Wildman–Crippen MR) is 101 cm³/mol. The molecule has 26 heavy (non-hydrogen) atoms. The normalized spacial score (nSPS) is 24.6. The highest BCUT2D eigenvalue weighted by Crippen LogP contribution is 2.34. The highest BCUT2D eigenvalue weighted by atomic mass is 16.5. The number of ether oxygens (including phenoxy) is 1. The van der Waals surface area contributed by atoms with Crippen molar-refractivity contribution in [3.8, 4) is 0 Å². The first-order valence-corrected chi connectivity index (χ1v) is 9.55. The SMILES string of the molecule is CCNC(=NCC1CCCOC1C(C)(C)C)NCCN1C(=O)CNC1=O. The van der Waals surface area contributed by atoms with Gasteiger partial charge in [-0.05, 0) is 25.2 Å². The molecule has 0 bridgehead atoms. The van der Waals surface area contributed by atoms with E-state index in [4.69, 9.17) is 9.73 Å². The smallest absolute Gasteiger partial charge is 0.324 e. The van der Waals surface area contributed by atoms with Crippen molar-refractivity contribution in [2.45, 2.75) is 46.6 Å². The van der Waals surface area contributed by atoms with Gasteiger partial charge in [0, 0.05) is 38.7 Å². The quantitative estimate of drug-likeness (QED) is 0.369. The first kappa shape index (κ1) is 20.5. The van der Waals surface area contributed by atoms with Gasteiger partial charge in [-0.1, -0.05) is 20.8 Å². The zero-order valence-electron chi connectivity index (χ0n) is 16.4. The van der Waals surface area contributed by atoms with Gasteiger partial charge in [0.2, 0.25) is 5.91 Å². The van der Waals surface area contributed by atoms with Gasteiger partial charge in [0.25, 0.3) is 0 Å². The van der Waals surface area contributed by atoms with E-state index in [9.17, 15) is 9.59 Å². The van der Waals surface area contributed by atoms with Crippen molar-refractivity contribution in [2.75, 3.05) is 39.3 Å². The van der Waals surface area contributed by atoms with E-state index in [0.717, 1.165) is 26.0 Å². The number of urea groups is 1. The Bertz CT molecular complexity index is 513. The van der Waals surface area contributed by atoms with E-state index in [1.165, 1.54) is 4.90 Å². The van der Waals surface area contributed by atoms with Crippen LogP contribution in [0.15, 0.2) is 4.99 Å². The summed E-state index contributed by atoms with van der Waals surface area (Å²) in [6.45, 7) is 11.8. The Kier molecular flexibility index (Phi) is 7.25. The molecule has 0 aliphatic carbocycles. The number of hydrogen-bond acceptors (Lipinski definition) is 4. The van der Waals surface area contributed by atoms with Gasteiger partial charge in [0.1, 0.15) is 0 Å². The Balaban J connectivity index is 1.88. The van der Waals surface area contributed by atoms with Crippen molar-refractivity contribution in [1.29, 1.82) is 0 Å². The van der Waals surface area contributed by atoms with Crippen LogP contribution in [0, 0.1) is 11.3 Å². The molecule has 8 nitrogen and oxygen atoms in total. The van der Waals surface area contributed by atoms with Crippen molar-refractivity contribution < 1.29 is 14.3 Å². The lowest BCUT2D eigenvalue weighted by atomic mass is 9.78. The van der Waals surface area contributed by atoms with Crippen molar-refractivity contribution in [2.24, 2.45) is 16.3 Å². The maximum atomic E-state index is 11.6. The minimum absolute atomic E-state index is 0.0862. The van der Waals surface area contributed by atoms with Crippen molar-refractivity contribution >= 4 is 17.9 Å². The molecule has 2 aliphatic heterocycles. The molecule has 0 aromatic rings. The molecule has 0 spiro atoms. The monoisotopic (exact) mass is 367 g/mol. The molecule has 2 fully saturated rings. The van der Waals surface area contributed by atoms with Crippen LogP contribution in [0.2, 0.25) is 0 Å². The maximum absolute atomic E-state index is 11.6. The topological polar surface area (TPSA) is 95.1 Å². The second kappa shape index (κ2) is 9.21. The fourth-order valence-electron chi connectivity index (χ4n) is 3.51. The van der Waals surface area contributed by atoms with Gasteiger partial charge in [-0.2, -0.15) is 0 Å². The van der Waals surface area contributed by atoms with Crippen LogP contribution in [0.3, 0.4) is 0 Å². The number of rotatable bonds is 6. The van der Waals surface area contributed by atoms with Gasteiger partial charge < -0.3 is 20.7 Å². The van der Waals surface area contributed by atoms with E-state index in [1.807, 2.05) is 6.92 Å². The molecule has 8 heteroatoms. The molecule has 2 rings (SSSR count). The predicted octanol–water partition coefficient (Wildman–Crippen LogP) is 0.935. The van der Waals surface area contributed by atoms with Crippen LogP contribution in [0.4, 0.5) is 4.79 Å². The number of imide groups is 1. The molecule has 0 saturated carbocycles. The molecule has 3 amide bonds. The van der Waals surface area contributed by atoms with Crippen molar-refractivity contribution in [3.63, 3.8) is 0 Å². The summed E-state index contributed by atoms with van der Waals surface area (Å²) in [6, 6.07) is -0.328. The molecule has 2 saturated heterocycles. The molecule has 2 heterocycles. The first-order valence-electron chi connectivity index (χ1n) is 9.55. The first-order chi connectivity index (χ1) is 12.3. The average molecular weight is 367 g/mol. The van der Waals surface area contributed by atoms with Crippen LogP contribution in [-0.2, 0) is 9.53 Å². The molecule has 2 unspecified atom stereocenters. The Labute approximate surface area is 156 Å². The largest absolute Gasteiger partial charge is 0.377 e. The highest BCUT2D eigenvalue weighted by molar-refractivity contribution is 6.01. The standard InChI is InChI=1S/C18H33N5O3/c1-5-19-16(20-8-9-23-14(24)12-22-17(23)25)21-11-13-7-6-10-26-15(13)18(2,3)4/h13,15H,5-12H2,1-4H3,(H,22,25)(H2,19,20,21). The zero-order chi connectivity index (χ0) is 19.2. The number of carbonyl (C=O) groups excluding carboxylic acids is 2. The number of guanidine groups is 1. The van der Waals surface area contributed by atoms with Crippen LogP contribution in [0.25, 0.3) is 0 Å². The van der Waals surface area contributed by atoms with Crippen LogP contribution >= 0.6 is 0 Å². The van der Waals surface area contributed by atoms with Crippen molar-refractivity contribution in [1.82, 2.24) is 20.9 Å². The minimum Gasteiger partial charge on any atom is -0.377 e. The molecule has 2 atom stereocenters. The Hall–Kier alpha value is -1.83. The van der Waals surface area contributed by atoms with E-state index < -0.39 is 0 Å². The van der Waals surface area contributed by atoms with Crippen LogP contribution in [0.1, 0.15) is 40.5 Å². The third-order valence-corrected chi connectivity index (χ3v) is 4.69. The Morgan fingerprint density at radius 2 is 2.12 bits per heavy atom. The summed E-state index contributed by atoms with van der Waals surface area (Å²) in [5.41, 5.74) is 0.0931. The van der Waals surface area contributed by atoms with Gasteiger partial charge in [0.15, 0.2) is 5.96 Å². The number of nitrogens with zero attached hydrogens (tertiary/aromatic N) is 2. The lowest BCUT2D eigenvalue weighted by Crippen LogP contribution is -2.44. The number of carbonyl (C=O) groups is 2. The fraction of sp³-hybridized carbons (Fsp3) is 0.833. The van der Waals surface area contributed by atoms with Gasteiger partial charge in [-0.3, -0.25) is 14.7 Å². The summed E-state index contributed by atoms with van der Waals surface area (Å²) in [5, 5.41) is 8.94. The second-order valence-corrected chi connectivity index (χ2v) is 7.91. The Morgan fingerprint density at radius 3 is 2.73 bits per heavy atom. The van der Waals surface area contributed by atoms with Crippen LogP contribution in [-0.4, -0.2) is 68.2 Å². The molecule has 0 aromatic heterocycles. The summed E-state index contributed by atoms with van der Waals surface area (Å²) in [5.74, 6) is 0.911. The van der Waals surface area contributed by atoms with Gasteiger partial charge >= 0.3 is 6.03 Å². The van der Waals surface area contributed by atoms with Gasteiger partial charge in [0.05, 0.1) is 12.6 Å². The lowest BCUT2D eigenvalue weighted by Gasteiger charge is -2.39. The second-order valence-electron chi connectivity index (χ2n) is 7.91. The summed E-state index contributed by atoms with van der Waals surface area (Å²) < 4.78 is 6.02. The Morgan fingerprint density at radius 1 is 1.35 bits per heavy atom.